The molecule has 2 amide bonds. The minimum absolute atomic E-state index is 0.107. The molecule has 0 bridgehead atoms. The lowest BCUT2D eigenvalue weighted by molar-refractivity contribution is -0.133. The maximum absolute atomic E-state index is 12.9. The van der Waals surface area contributed by atoms with Crippen LogP contribution >= 0.6 is 0 Å². The second-order valence-corrected chi connectivity index (χ2v) is 7.96. The van der Waals surface area contributed by atoms with E-state index in [1.54, 1.807) is 38.1 Å². The fourth-order valence-corrected chi connectivity index (χ4v) is 3.41. The first kappa shape index (κ1) is 20.5. The van der Waals surface area contributed by atoms with E-state index in [-0.39, 0.29) is 18.4 Å². The zero-order valence-corrected chi connectivity index (χ0v) is 17.7. The Kier molecular flexibility index (Phi) is 5.38. The molecule has 158 valence electrons. The van der Waals surface area contributed by atoms with Crippen LogP contribution in [0.25, 0.3) is 0 Å². The summed E-state index contributed by atoms with van der Waals surface area (Å²) in [5.74, 6) is 1.44. The summed E-state index contributed by atoms with van der Waals surface area (Å²) in [6.45, 7) is 5.23. The number of anilines is 2. The van der Waals surface area contributed by atoms with Crippen molar-refractivity contribution in [2.75, 3.05) is 16.8 Å². The van der Waals surface area contributed by atoms with Crippen LogP contribution in [0.1, 0.15) is 19.4 Å². The lowest BCUT2D eigenvalue weighted by atomic mass is 10.0. The van der Waals surface area contributed by atoms with Crippen LogP contribution in [0.5, 0.6) is 17.2 Å². The zero-order chi connectivity index (χ0) is 22.0. The molecule has 4 rings (SSSR count). The third-order valence-corrected chi connectivity index (χ3v) is 4.95. The molecule has 0 fully saturated rings. The molecule has 1 aliphatic heterocycles. The summed E-state index contributed by atoms with van der Waals surface area (Å²) in [6.07, 6.45) is 0. The lowest BCUT2D eigenvalue weighted by Crippen LogP contribution is -2.54. The van der Waals surface area contributed by atoms with Crippen LogP contribution in [0.4, 0.5) is 11.4 Å². The molecule has 0 radical (unpaired) electrons. The number of fused-ring (bicyclic) bond motifs is 1. The molecule has 6 nitrogen and oxygen atoms in total. The number of hydrogen-bond donors (Lipinski definition) is 1. The van der Waals surface area contributed by atoms with Crippen LogP contribution in [-0.4, -0.2) is 24.0 Å². The second-order valence-electron chi connectivity index (χ2n) is 7.96. The molecule has 0 saturated carbocycles. The minimum Gasteiger partial charge on any atom is -0.476 e. The fraction of sp³-hybridized carbons (Fsp3) is 0.200. The molecule has 0 atom stereocenters. The average molecular weight is 416 g/mol. The highest BCUT2D eigenvalue weighted by Crippen LogP contribution is 2.38. The molecule has 0 spiro atoms. The number of hydrogen-bond acceptors (Lipinski definition) is 4. The summed E-state index contributed by atoms with van der Waals surface area (Å²) in [5.41, 5.74) is 1.16. The lowest BCUT2D eigenvalue weighted by Gasteiger charge is -2.38. The molecule has 31 heavy (non-hydrogen) atoms. The summed E-state index contributed by atoms with van der Waals surface area (Å²) in [5, 5.41) is 2.84. The van der Waals surface area contributed by atoms with Crippen LogP contribution in [0, 0.1) is 6.92 Å². The Morgan fingerprint density at radius 1 is 1.00 bits per heavy atom. The number of para-hydroxylation sites is 1. The molecular weight excluding hydrogens is 392 g/mol. The number of aryl methyl sites for hydroxylation is 1. The number of ether oxygens (including phenoxy) is 2. The quantitative estimate of drug-likeness (QED) is 0.640. The van der Waals surface area contributed by atoms with Crippen LogP contribution in [0.3, 0.4) is 0 Å². The highest BCUT2D eigenvalue weighted by atomic mass is 16.5. The van der Waals surface area contributed by atoms with Crippen molar-refractivity contribution in [2.45, 2.75) is 26.4 Å². The number of carbonyl (C=O) groups excluding carboxylic acids is 2. The van der Waals surface area contributed by atoms with E-state index in [1.807, 2.05) is 55.5 Å². The van der Waals surface area contributed by atoms with E-state index in [2.05, 4.69) is 5.32 Å². The van der Waals surface area contributed by atoms with Gasteiger partial charge in [-0.2, -0.15) is 0 Å². The van der Waals surface area contributed by atoms with Gasteiger partial charge in [-0.05, 0) is 74.9 Å². The van der Waals surface area contributed by atoms with E-state index >= 15 is 0 Å². The van der Waals surface area contributed by atoms with Gasteiger partial charge < -0.3 is 14.8 Å². The Balaban J connectivity index is 1.46. The van der Waals surface area contributed by atoms with E-state index in [0.717, 1.165) is 11.3 Å². The number of nitrogens with one attached hydrogen (secondary N) is 1. The summed E-state index contributed by atoms with van der Waals surface area (Å²) in [4.78, 5) is 27.1. The smallest absolute Gasteiger partial charge is 0.271 e. The van der Waals surface area contributed by atoms with Gasteiger partial charge in [0, 0.05) is 5.69 Å². The summed E-state index contributed by atoms with van der Waals surface area (Å²) >= 11 is 0. The number of nitrogens with zero attached hydrogens (tertiary/aromatic N) is 1. The largest absolute Gasteiger partial charge is 0.476 e. The van der Waals surface area contributed by atoms with Gasteiger partial charge in [-0.3, -0.25) is 14.5 Å². The highest BCUT2D eigenvalue weighted by molar-refractivity contribution is 6.07. The molecule has 1 aliphatic rings. The Morgan fingerprint density at radius 2 is 1.68 bits per heavy atom. The van der Waals surface area contributed by atoms with E-state index in [1.165, 1.54) is 4.90 Å². The van der Waals surface area contributed by atoms with Crippen molar-refractivity contribution in [3.63, 3.8) is 0 Å². The van der Waals surface area contributed by atoms with Gasteiger partial charge in [0.15, 0.2) is 5.60 Å². The molecule has 0 unspecified atom stereocenters. The van der Waals surface area contributed by atoms with Gasteiger partial charge in [0.2, 0.25) is 5.91 Å². The Hall–Kier alpha value is -3.80. The maximum atomic E-state index is 12.9. The van der Waals surface area contributed by atoms with Crippen molar-refractivity contribution in [1.82, 2.24) is 0 Å². The summed E-state index contributed by atoms with van der Waals surface area (Å²) < 4.78 is 11.6. The third kappa shape index (κ3) is 4.53. The molecule has 1 heterocycles. The van der Waals surface area contributed by atoms with E-state index in [4.69, 9.17) is 9.47 Å². The highest BCUT2D eigenvalue weighted by Gasteiger charge is 2.41. The molecule has 6 heteroatoms. The van der Waals surface area contributed by atoms with Crippen LogP contribution in [-0.2, 0) is 9.59 Å². The number of carbonyl (C=O) groups is 2. The Morgan fingerprint density at radius 3 is 2.39 bits per heavy atom. The number of amides is 2. The first-order chi connectivity index (χ1) is 14.8. The van der Waals surface area contributed by atoms with Crippen molar-refractivity contribution in [3.05, 3.63) is 78.4 Å². The van der Waals surface area contributed by atoms with Gasteiger partial charge in [0.05, 0.1) is 5.69 Å². The van der Waals surface area contributed by atoms with Crippen molar-refractivity contribution >= 4 is 23.2 Å². The first-order valence-corrected chi connectivity index (χ1v) is 10.1. The SMILES string of the molecule is Cc1ccc2c(c1)N(CC(=O)Nc1ccc(Oc3ccccc3)cc1)C(=O)C(C)(C)O2. The molecule has 0 saturated heterocycles. The predicted octanol–water partition coefficient (Wildman–Crippen LogP) is 4.93. The summed E-state index contributed by atoms with van der Waals surface area (Å²) in [6, 6.07) is 22.2. The van der Waals surface area contributed by atoms with Crippen LogP contribution in [0.2, 0.25) is 0 Å². The average Bonchev–Trinajstić information content (AvgIpc) is 2.74. The molecule has 1 N–H and O–H groups in total. The van der Waals surface area contributed by atoms with Gasteiger partial charge in [-0.1, -0.05) is 24.3 Å². The van der Waals surface area contributed by atoms with Crippen molar-refractivity contribution < 1.29 is 19.1 Å². The monoisotopic (exact) mass is 416 g/mol. The molecule has 3 aromatic carbocycles. The molecular formula is C25H24N2O4. The van der Waals surface area contributed by atoms with Crippen LogP contribution in [0.15, 0.2) is 72.8 Å². The van der Waals surface area contributed by atoms with Gasteiger partial charge in [-0.25, -0.2) is 0 Å². The van der Waals surface area contributed by atoms with Gasteiger partial charge >= 0.3 is 0 Å². The molecule has 3 aromatic rings. The van der Waals surface area contributed by atoms with Crippen LogP contribution < -0.4 is 19.7 Å². The van der Waals surface area contributed by atoms with E-state index in [0.29, 0.717) is 22.9 Å². The fourth-order valence-electron chi connectivity index (χ4n) is 3.41. The topological polar surface area (TPSA) is 67.9 Å². The third-order valence-electron chi connectivity index (χ3n) is 4.95. The molecule has 0 aliphatic carbocycles. The van der Waals surface area contributed by atoms with Gasteiger partial charge in [-0.15, -0.1) is 0 Å². The summed E-state index contributed by atoms with van der Waals surface area (Å²) in [7, 11) is 0. The van der Waals surface area contributed by atoms with Gasteiger partial charge in [0.1, 0.15) is 23.8 Å². The predicted molar refractivity (Wildman–Crippen MR) is 120 cm³/mol. The molecule has 0 aromatic heterocycles. The van der Waals surface area contributed by atoms with Crippen molar-refractivity contribution in [3.8, 4) is 17.2 Å². The van der Waals surface area contributed by atoms with Crippen molar-refractivity contribution in [1.29, 1.82) is 0 Å². The number of rotatable bonds is 5. The van der Waals surface area contributed by atoms with Gasteiger partial charge in [0.25, 0.3) is 5.91 Å². The second kappa shape index (κ2) is 8.14. The van der Waals surface area contributed by atoms with E-state index < -0.39 is 5.60 Å². The maximum Gasteiger partial charge on any atom is 0.271 e. The normalized spacial score (nSPS) is 14.4. The zero-order valence-electron chi connectivity index (χ0n) is 17.7. The standard InChI is InChI=1S/C25H24N2O4/c1-17-9-14-22-21(15-17)27(24(29)25(2,3)31-22)16-23(28)26-18-10-12-20(13-11-18)30-19-7-5-4-6-8-19/h4-15H,16H2,1-3H3,(H,26,28). The first-order valence-electron chi connectivity index (χ1n) is 10.1. The van der Waals surface area contributed by atoms with Crippen molar-refractivity contribution in [2.24, 2.45) is 0 Å². The minimum atomic E-state index is -1.04. The number of benzene rings is 3. The Labute approximate surface area is 181 Å². The Bertz CT molecular complexity index is 1110. The van der Waals surface area contributed by atoms with E-state index in [9.17, 15) is 9.59 Å².